The minimum Gasteiger partial charge on any atom is -0.507 e. The van der Waals surface area contributed by atoms with Gasteiger partial charge in [0.2, 0.25) is 0 Å². The molecule has 0 radical (unpaired) electrons. The zero-order chi connectivity index (χ0) is 19.5. The van der Waals surface area contributed by atoms with Crippen LogP contribution < -0.4 is 5.30 Å². The lowest BCUT2D eigenvalue weighted by Crippen LogP contribution is -2.25. The molecule has 0 aromatic heterocycles. The van der Waals surface area contributed by atoms with Crippen LogP contribution >= 0.6 is 8.58 Å². The predicted octanol–water partition coefficient (Wildman–Crippen LogP) is 6.55. The molecule has 2 atom stereocenters. The first kappa shape index (κ1) is 20.9. The lowest BCUT2D eigenvalue weighted by Gasteiger charge is -2.36. The van der Waals surface area contributed by atoms with E-state index in [4.69, 9.17) is 0 Å². The van der Waals surface area contributed by atoms with Crippen molar-refractivity contribution in [3.05, 3.63) is 58.9 Å². The summed E-state index contributed by atoms with van der Waals surface area (Å²) in [4.78, 5) is 0. The van der Waals surface area contributed by atoms with E-state index < -0.39 is 0 Å². The summed E-state index contributed by atoms with van der Waals surface area (Å²) in [5, 5.41) is 11.7. The number of hydrogen-bond donors (Lipinski definition) is 1. The standard InChI is InChI=1S/C23H32FOP/c1-7-13-23(8-2,26-20-12-10-9-11-19(20)24)18-15-16(3)14-17(21(18)25)22(4,5)6/h9-12,14-15,25-26H,7-8,13H2,1-6H3. The zero-order valence-electron chi connectivity index (χ0n) is 16.9. The lowest BCUT2D eigenvalue weighted by molar-refractivity contribution is 0.420. The van der Waals surface area contributed by atoms with Gasteiger partial charge in [-0.15, -0.1) is 0 Å². The molecule has 2 rings (SSSR count). The molecule has 1 nitrogen and oxygen atoms in total. The Balaban J connectivity index is 2.67. The van der Waals surface area contributed by atoms with Crippen LogP contribution in [-0.2, 0) is 10.6 Å². The van der Waals surface area contributed by atoms with Gasteiger partial charge >= 0.3 is 0 Å². The van der Waals surface area contributed by atoms with E-state index in [1.165, 1.54) is 6.07 Å². The number of aryl methyl sites for hydroxylation is 1. The first-order valence-electron chi connectivity index (χ1n) is 9.52. The highest BCUT2D eigenvalue weighted by Gasteiger charge is 2.35. The average Bonchev–Trinajstić information content (AvgIpc) is 2.57. The quantitative estimate of drug-likeness (QED) is 0.569. The summed E-state index contributed by atoms with van der Waals surface area (Å²) in [6.45, 7) is 12.8. The maximum Gasteiger partial charge on any atom is 0.130 e. The van der Waals surface area contributed by atoms with Gasteiger partial charge in [-0.2, -0.15) is 0 Å². The second kappa shape index (κ2) is 8.09. The molecule has 2 aromatic carbocycles. The molecular weight excluding hydrogens is 342 g/mol. The third-order valence-electron chi connectivity index (χ3n) is 5.11. The monoisotopic (exact) mass is 374 g/mol. The number of benzene rings is 2. The fourth-order valence-electron chi connectivity index (χ4n) is 3.68. The summed E-state index contributed by atoms with van der Waals surface area (Å²) < 4.78 is 14.4. The summed E-state index contributed by atoms with van der Waals surface area (Å²) in [6, 6.07) is 11.2. The molecule has 0 saturated heterocycles. The van der Waals surface area contributed by atoms with Gasteiger partial charge in [-0.25, -0.2) is 4.39 Å². The van der Waals surface area contributed by atoms with Gasteiger partial charge in [0.1, 0.15) is 11.6 Å². The van der Waals surface area contributed by atoms with Crippen LogP contribution in [0.2, 0.25) is 0 Å². The SMILES string of the molecule is CCCC(CC)(Pc1ccccc1F)c1cc(C)cc(C(C)(C)C)c1O. The van der Waals surface area contributed by atoms with E-state index in [1.54, 1.807) is 6.07 Å². The Labute approximate surface area is 159 Å². The summed E-state index contributed by atoms with van der Waals surface area (Å²) in [5.41, 5.74) is 2.96. The first-order chi connectivity index (χ1) is 12.1. The van der Waals surface area contributed by atoms with Crippen LogP contribution in [0.15, 0.2) is 36.4 Å². The number of phenols is 1. The lowest BCUT2D eigenvalue weighted by atomic mass is 9.80. The molecule has 0 aliphatic heterocycles. The molecule has 0 fully saturated rings. The van der Waals surface area contributed by atoms with Gasteiger partial charge in [0.05, 0.1) is 0 Å². The van der Waals surface area contributed by atoms with Crippen LogP contribution in [-0.4, -0.2) is 5.11 Å². The Bertz CT molecular complexity index is 763. The van der Waals surface area contributed by atoms with Gasteiger partial charge in [0, 0.05) is 16.0 Å². The molecule has 26 heavy (non-hydrogen) atoms. The molecule has 1 N–H and O–H groups in total. The summed E-state index contributed by atoms with van der Waals surface area (Å²) in [6.07, 6.45) is 2.79. The fourth-order valence-corrected chi connectivity index (χ4v) is 5.46. The van der Waals surface area contributed by atoms with Crippen LogP contribution in [0.25, 0.3) is 0 Å². The van der Waals surface area contributed by atoms with E-state index >= 15 is 0 Å². The number of phenolic OH excluding ortho intramolecular Hbond substituents is 1. The Morgan fingerprint density at radius 2 is 1.65 bits per heavy atom. The van der Waals surface area contributed by atoms with Gasteiger partial charge in [-0.1, -0.05) is 85.5 Å². The summed E-state index contributed by atoms with van der Waals surface area (Å²) in [7, 11) is 0.287. The molecule has 142 valence electrons. The smallest absolute Gasteiger partial charge is 0.130 e. The van der Waals surface area contributed by atoms with Gasteiger partial charge in [0.25, 0.3) is 0 Å². The minimum atomic E-state index is -0.243. The summed E-state index contributed by atoms with van der Waals surface area (Å²) >= 11 is 0. The normalized spacial score (nSPS) is 14.7. The number of hydrogen-bond acceptors (Lipinski definition) is 1. The topological polar surface area (TPSA) is 20.2 Å². The van der Waals surface area contributed by atoms with Gasteiger partial charge in [-0.3, -0.25) is 0 Å². The van der Waals surface area contributed by atoms with Crippen LogP contribution in [0.5, 0.6) is 5.75 Å². The molecule has 0 bridgehead atoms. The van der Waals surface area contributed by atoms with E-state index in [1.807, 2.05) is 12.1 Å². The average molecular weight is 374 g/mol. The molecule has 0 spiro atoms. The molecule has 0 heterocycles. The van der Waals surface area contributed by atoms with Crippen molar-refractivity contribution in [3.63, 3.8) is 0 Å². The molecule has 0 saturated carbocycles. The van der Waals surface area contributed by atoms with Gasteiger partial charge in [-0.05, 0) is 36.8 Å². The van der Waals surface area contributed by atoms with Crippen LogP contribution in [0, 0.1) is 12.7 Å². The van der Waals surface area contributed by atoms with Gasteiger partial charge in [0.15, 0.2) is 0 Å². The maximum atomic E-state index is 14.4. The minimum absolute atomic E-state index is 0.141. The highest BCUT2D eigenvalue weighted by atomic mass is 31.1. The molecule has 0 aliphatic carbocycles. The fraction of sp³-hybridized carbons (Fsp3) is 0.478. The number of halogens is 1. The molecule has 2 unspecified atom stereocenters. The van der Waals surface area contributed by atoms with E-state index in [9.17, 15) is 9.50 Å². The summed E-state index contributed by atoms with van der Waals surface area (Å²) in [5.74, 6) is 0.241. The van der Waals surface area contributed by atoms with Crippen molar-refractivity contribution >= 4 is 13.9 Å². The van der Waals surface area contributed by atoms with Crippen LogP contribution in [0.1, 0.15) is 70.6 Å². The van der Waals surface area contributed by atoms with Crippen molar-refractivity contribution in [1.82, 2.24) is 0 Å². The van der Waals surface area contributed by atoms with E-state index in [0.717, 1.165) is 41.3 Å². The first-order valence-corrected chi connectivity index (χ1v) is 10.5. The van der Waals surface area contributed by atoms with Crippen molar-refractivity contribution in [2.75, 3.05) is 0 Å². The Morgan fingerprint density at radius 3 is 2.19 bits per heavy atom. The highest BCUT2D eigenvalue weighted by Crippen LogP contribution is 2.52. The van der Waals surface area contributed by atoms with E-state index in [2.05, 4.69) is 53.7 Å². The highest BCUT2D eigenvalue weighted by molar-refractivity contribution is 7.48. The maximum absolute atomic E-state index is 14.4. The second-order valence-electron chi connectivity index (χ2n) is 8.25. The number of aromatic hydroxyl groups is 1. The Kier molecular flexibility index (Phi) is 6.51. The molecule has 0 aliphatic rings. The Morgan fingerprint density at radius 1 is 1.04 bits per heavy atom. The van der Waals surface area contributed by atoms with Crippen molar-refractivity contribution < 1.29 is 9.50 Å². The van der Waals surface area contributed by atoms with Crippen molar-refractivity contribution in [3.8, 4) is 5.75 Å². The van der Waals surface area contributed by atoms with E-state index in [0.29, 0.717) is 5.75 Å². The Hall–Kier alpha value is -1.40. The molecule has 2 aromatic rings. The third-order valence-corrected chi connectivity index (χ3v) is 7.13. The largest absolute Gasteiger partial charge is 0.507 e. The van der Waals surface area contributed by atoms with Gasteiger partial charge < -0.3 is 5.11 Å². The van der Waals surface area contributed by atoms with Crippen LogP contribution in [0.3, 0.4) is 0 Å². The van der Waals surface area contributed by atoms with Crippen molar-refractivity contribution in [2.45, 2.75) is 71.4 Å². The molecule has 0 amide bonds. The third kappa shape index (κ3) is 4.29. The zero-order valence-corrected chi connectivity index (χ0v) is 17.9. The van der Waals surface area contributed by atoms with E-state index in [-0.39, 0.29) is 25.0 Å². The second-order valence-corrected chi connectivity index (χ2v) is 9.99. The molecular formula is C23H32FOP. The number of rotatable bonds is 6. The predicted molar refractivity (Wildman–Crippen MR) is 113 cm³/mol. The van der Waals surface area contributed by atoms with Crippen LogP contribution in [0.4, 0.5) is 4.39 Å². The molecule has 3 heteroatoms. The van der Waals surface area contributed by atoms with Crippen molar-refractivity contribution in [2.24, 2.45) is 0 Å². The van der Waals surface area contributed by atoms with Crippen molar-refractivity contribution in [1.29, 1.82) is 0 Å².